The molecule has 0 rings (SSSR count). The summed E-state index contributed by atoms with van der Waals surface area (Å²) >= 11 is 17.6. The first-order chi connectivity index (χ1) is 8.98. The highest BCUT2D eigenvalue weighted by Gasteiger charge is 2.30. The summed E-state index contributed by atoms with van der Waals surface area (Å²) in [5, 5.41) is -0.367. The van der Waals surface area contributed by atoms with Gasteiger partial charge in [-0.05, 0) is 6.42 Å². The standard InChI is InChI=1S/C14H25Cl3OS/c1-2-3-4-5-6-7-8-9-10-11-12-19-13(18)14(15,16)17/h2-12H2,1H3. The van der Waals surface area contributed by atoms with Crippen LogP contribution in [0.3, 0.4) is 0 Å². The van der Waals surface area contributed by atoms with Crippen molar-refractivity contribution in [3.63, 3.8) is 0 Å². The van der Waals surface area contributed by atoms with Gasteiger partial charge in [0.1, 0.15) is 0 Å². The van der Waals surface area contributed by atoms with E-state index in [1.54, 1.807) is 0 Å². The van der Waals surface area contributed by atoms with Gasteiger partial charge in [0, 0.05) is 5.75 Å². The fourth-order valence-corrected chi connectivity index (χ4v) is 3.02. The van der Waals surface area contributed by atoms with Gasteiger partial charge in [0.25, 0.3) is 3.79 Å². The van der Waals surface area contributed by atoms with Crippen LogP contribution in [0, 0.1) is 0 Å². The number of hydrogen-bond acceptors (Lipinski definition) is 2. The molecular formula is C14H25Cl3OS. The normalized spacial score (nSPS) is 11.8. The summed E-state index contributed by atoms with van der Waals surface area (Å²) in [6, 6.07) is 0. The molecule has 0 saturated carbocycles. The lowest BCUT2D eigenvalue weighted by atomic mass is 10.1. The highest BCUT2D eigenvalue weighted by atomic mass is 35.6. The van der Waals surface area contributed by atoms with E-state index < -0.39 is 3.79 Å². The minimum atomic E-state index is -1.76. The predicted octanol–water partition coefficient (Wildman–Crippen LogP) is 6.54. The Labute approximate surface area is 137 Å². The zero-order chi connectivity index (χ0) is 14.6. The molecular weight excluding hydrogens is 323 g/mol. The van der Waals surface area contributed by atoms with Crippen LogP contribution in [0.4, 0.5) is 0 Å². The third kappa shape index (κ3) is 13.6. The van der Waals surface area contributed by atoms with Crippen molar-refractivity contribution in [1.82, 2.24) is 0 Å². The van der Waals surface area contributed by atoms with Crippen LogP contribution in [0.1, 0.15) is 71.1 Å². The number of rotatable bonds is 11. The lowest BCUT2D eigenvalue weighted by molar-refractivity contribution is -0.110. The van der Waals surface area contributed by atoms with Crippen LogP contribution in [-0.2, 0) is 4.79 Å². The zero-order valence-electron chi connectivity index (χ0n) is 11.7. The van der Waals surface area contributed by atoms with Crippen LogP contribution < -0.4 is 0 Å². The third-order valence-corrected chi connectivity index (χ3v) is 4.87. The Kier molecular flexibility index (Phi) is 13.2. The molecule has 0 aliphatic carbocycles. The van der Waals surface area contributed by atoms with Crippen molar-refractivity contribution in [1.29, 1.82) is 0 Å². The molecule has 0 aromatic carbocycles. The van der Waals surface area contributed by atoms with E-state index in [4.69, 9.17) is 34.8 Å². The first-order valence-corrected chi connectivity index (χ1v) is 9.34. The van der Waals surface area contributed by atoms with Crippen LogP contribution in [0.5, 0.6) is 0 Å². The molecule has 0 aliphatic rings. The number of halogens is 3. The van der Waals surface area contributed by atoms with Gasteiger partial charge in [-0.2, -0.15) is 0 Å². The van der Waals surface area contributed by atoms with Gasteiger partial charge in [-0.3, -0.25) is 4.79 Å². The Morgan fingerprint density at radius 3 is 1.68 bits per heavy atom. The van der Waals surface area contributed by atoms with E-state index >= 15 is 0 Å². The second-order valence-corrected chi connectivity index (χ2v) is 8.16. The molecule has 19 heavy (non-hydrogen) atoms. The number of carbonyl (C=O) groups is 1. The van der Waals surface area contributed by atoms with Crippen molar-refractivity contribution >= 4 is 51.7 Å². The van der Waals surface area contributed by atoms with Crippen LogP contribution in [0.2, 0.25) is 0 Å². The monoisotopic (exact) mass is 346 g/mol. The largest absolute Gasteiger partial charge is 0.282 e. The summed E-state index contributed by atoms with van der Waals surface area (Å²) in [5.74, 6) is 0.753. The lowest BCUT2D eigenvalue weighted by Gasteiger charge is -2.08. The number of carbonyl (C=O) groups excluding carboxylic acids is 1. The van der Waals surface area contributed by atoms with Crippen LogP contribution >= 0.6 is 46.6 Å². The van der Waals surface area contributed by atoms with E-state index in [9.17, 15) is 4.79 Å². The topological polar surface area (TPSA) is 17.1 Å². The van der Waals surface area contributed by atoms with Crippen LogP contribution in [0.15, 0.2) is 0 Å². The molecule has 1 nitrogen and oxygen atoms in total. The Balaban J connectivity index is 3.17. The molecule has 114 valence electrons. The molecule has 0 N–H and O–H groups in total. The summed E-state index contributed by atoms with van der Waals surface area (Å²) < 4.78 is -1.76. The average molecular weight is 348 g/mol. The fourth-order valence-electron chi connectivity index (χ4n) is 1.84. The number of thioether (sulfide) groups is 1. The van der Waals surface area contributed by atoms with Gasteiger partial charge >= 0.3 is 0 Å². The minimum absolute atomic E-state index is 0.367. The Hall–Kier alpha value is 0.890. The van der Waals surface area contributed by atoms with Gasteiger partial charge in [0.05, 0.1) is 0 Å². The molecule has 0 heterocycles. The maximum atomic E-state index is 11.3. The molecule has 5 heteroatoms. The summed E-state index contributed by atoms with van der Waals surface area (Å²) in [6.07, 6.45) is 12.9. The smallest absolute Gasteiger partial charge is 0.259 e. The predicted molar refractivity (Wildman–Crippen MR) is 89.6 cm³/mol. The molecule has 0 bridgehead atoms. The van der Waals surface area contributed by atoms with Crippen molar-refractivity contribution in [2.24, 2.45) is 0 Å². The van der Waals surface area contributed by atoms with Crippen molar-refractivity contribution in [3.05, 3.63) is 0 Å². The molecule has 0 saturated heterocycles. The highest BCUT2D eigenvalue weighted by Crippen LogP contribution is 2.32. The summed E-state index contributed by atoms with van der Waals surface area (Å²) in [4.78, 5) is 11.3. The van der Waals surface area contributed by atoms with Crippen molar-refractivity contribution in [2.45, 2.75) is 74.9 Å². The Morgan fingerprint density at radius 2 is 1.26 bits per heavy atom. The quantitative estimate of drug-likeness (QED) is 0.312. The van der Waals surface area contributed by atoms with Gasteiger partial charge in [-0.15, -0.1) is 0 Å². The number of unbranched alkanes of at least 4 members (excludes halogenated alkanes) is 9. The Bertz CT molecular complexity index is 229. The summed E-state index contributed by atoms with van der Waals surface area (Å²) in [5.41, 5.74) is 0. The van der Waals surface area contributed by atoms with E-state index in [2.05, 4.69) is 6.92 Å². The maximum Gasteiger partial charge on any atom is 0.259 e. The molecule has 0 atom stereocenters. The average Bonchev–Trinajstić information content (AvgIpc) is 2.34. The van der Waals surface area contributed by atoms with Gasteiger partial charge in [-0.25, -0.2) is 0 Å². The molecule has 0 unspecified atom stereocenters. The Morgan fingerprint density at radius 1 is 0.842 bits per heavy atom. The summed E-state index contributed by atoms with van der Waals surface area (Å²) in [7, 11) is 0. The van der Waals surface area contributed by atoms with Crippen molar-refractivity contribution < 1.29 is 4.79 Å². The molecule has 0 radical (unpaired) electrons. The van der Waals surface area contributed by atoms with E-state index in [1.165, 1.54) is 51.4 Å². The van der Waals surface area contributed by atoms with Crippen LogP contribution in [-0.4, -0.2) is 14.7 Å². The first-order valence-electron chi connectivity index (χ1n) is 7.22. The van der Waals surface area contributed by atoms with E-state index in [0.717, 1.165) is 30.4 Å². The van der Waals surface area contributed by atoms with Crippen molar-refractivity contribution in [3.8, 4) is 0 Å². The zero-order valence-corrected chi connectivity index (χ0v) is 14.8. The first kappa shape index (κ1) is 19.9. The lowest BCUT2D eigenvalue weighted by Crippen LogP contribution is -2.15. The molecule has 0 fully saturated rings. The number of alkyl halides is 3. The molecule has 0 amide bonds. The van der Waals surface area contributed by atoms with E-state index in [1.807, 2.05) is 0 Å². The fraction of sp³-hybridized carbons (Fsp3) is 0.929. The molecule has 0 spiro atoms. The second kappa shape index (κ2) is 12.6. The minimum Gasteiger partial charge on any atom is -0.282 e. The SMILES string of the molecule is CCCCCCCCCCCCSC(=O)C(Cl)(Cl)Cl. The van der Waals surface area contributed by atoms with E-state index in [-0.39, 0.29) is 5.12 Å². The van der Waals surface area contributed by atoms with Crippen LogP contribution in [0.25, 0.3) is 0 Å². The highest BCUT2D eigenvalue weighted by molar-refractivity contribution is 8.14. The molecule has 0 aromatic rings. The summed E-state index contributed by atoms with van der Waals surface area (Å²) in [6.45, 7) is 2.24. The van der Waals surface area contributed by atoms with E-state index in [0.29, 0.717) is 0 Å². The van der Waals surface area contributed by atoms with Crippen molar-refractivity contribution in [2.75, 3.05) is 5.75 Å². The second-order valence-electron chi connectivity index (χ2n) is 4.82. The third-order valence-electron chi connectivity index (χ3n) is 2.96. The van der Waals surface area contributed by atoms with Gasteiger partial charge < -0.3 is 0 Å². The number of hydrogen-bond donors (Lipinski definition) is 0. The van der Waals surface area contributed by atoms with Gasteiger partial charge in [0.15, 0.2) is 0 Å². The van der Waals surface area contributed by atoms with Gasteiger partial charge in [-0.1, -0.05) is 111 Å². The maximum absolute atomic E-state index is 11.3. The van der Waals surface area contributed by atoms with Gasteiger partial charge in [0.2, 0.25) is 5.12 Å². The molecule has 0 aliphatic heterocycles. The molecule has 0 aromatic heterocycles.